The molecule has 0 radical (unpaired) electrons. The molecular weight excluding hydrogens is 328 g/mol. The summed E-state index contributed by atoms with van der Waals surface area (Å²) in [7, 11) is 1.42. The fourth-order valence-corrected chi connectivity index (χ4v) is 3.23. The Hall–Kier alpha value is -2.56. The molecule has 0 saturated carbocycles. The molecule has 1 aromatic heterocycles. The quantitative estimate of drug-likeness (QED) is 0.713. The third-order valence-corrected chi connectivity index (χ3v) is 4.90. The maximum atomic E-state index is 11.2. The zero-order valence-corrected chi connectivity index (χ0v) is 15.3. The van der Waals surface area contributed by atoms with Gasteiger partial charge in [0, 0.05) is 37.6 Å². The van der Waals surface area contributed by atoms with Crippen molar-refractivity contribution in [2.45, 2.75) is 25.7 Å². The molecule has 1 fully saturated rings. The molecule has 138 valence electrons. The van der Waals surface area contributed by atoms with Gasteiger partial charge in [-0.15, -0.1) is 0 Å². The van der Waals surface area contributed by atoms with Gasteiger partial charge in [0.25, 0.3) is 0 Å². The van der Waals surface area contributed by atoms with Gasteiger partial charge in [0.2, 0.25) is 0 Å². The summed E-state index contributed by atoms with van der Waals surface area (Å²) in [6.07, 6.45) is 7.07. The number of rotatable bonds is 7. The molecule has 2 heterocycles. The summed E-state index contributed by atoms with van der Waals surface area (Å²) in [6.45, 7) is 2.88. The predicted molar refractivity (Wildman–Crippen MR) is 101 cm³/mol. The Morgan fingerprint density at radius 1 is 1.12 bits per heavy atom. The van der Waals surface area contributed by atoms with Crippen LogP contribution in [0.2, 0.25) is 0 Å². The zero-order chi connectivity index (χ0) is 18.2. The molecule has 1 saturated heterocycles. The average Bonchev–Trinajstić information content (AvgIpc) is 2.72. The van der Waals surface area contributed by atoms with Gasteiger partial charge in [-0.1, -0.05) is 12.1 Å². The third kappa shape index (κ3) is 5.22. The average molecular weight is 354 g/mol. The second kappa shape index (κ2) is 9.22. The van der Waals surface area contributed by atoms with Gasteiger partial charge in [0.15, 0.2) is 0 Å². The highest BCUT2D eigenvalue weighted by Gasteiger charge is 2.20. The van der Waals surface area contributed by atoms with Crippen LogP contribution in [0.3, 0.4) is 0 Å². The molecule has 2 aromatic rings. The highest BCUT2D eigenvalue weighted by Crippen LogP contribution is 2.24. The van der Waals surface area contributed by atoms with Gasteiger partial charge in [0.1, 0.15) is 5.75 Å². The van der Waals surface area contributed by atoms with Gasteiger partial charge >= 0.3 is 5.97 Å². The van der Waals surface area contributed by atoms with Crippen molar-refractivity contribution in [3.8, 4) is 5.75 Å². The first-order chi connectivity index (χ1) is 12.7. The summed E-state index contributed by atoms with van der Waals surface area (Å²) in [5.74, 6) is 1.30. The van der Waals surface area contributed by atoms with Crippen LogP contribution in [0.25, 0.3) is 0 Å². The lowest BCUT2D eigenvalue weighted by molar-refractivity contribution is -0.140. The molecular formula is C21H26N2O3. The largest absolute Gasteiger partial charge is 0.493 e. The number of carbonyl (C=O) groups excluding carboxylic acids is 1. The molecule has 1 aromatic carbocycles. The van der Waals surface area contributed by atoms with Crippen molar-refractivity contribution in [2.24, 2.45) is 5.92 Å². The molecule has 1 aliphatic rings. The summed E-state index contributed by atoms with van der Waals surface area (Å²) in [6, 6.07) is 12.1. The molecule has 0 aliphatic carbocycles. The first-order valence-electron chi connectivity index (χ1n) is 9.18. The first-order valence-corrected chi connectivity index (χ1v) is 9.18. The molecule has 26 heavy (non-hydrogen) atoms. The zero-order valence-electron chi connectivity index (χ0n) is 15.3. The molecule has 0 amide bonds. The van der Waals surface area contributed by atoms with Crippen molar-refractivity contribution >= 4 is 11.7 Å². The summed E-state index contributed by atoms with van der Waals surface area (Å²) in [4.78, 5) is 17.7. The lowest BCUT2D eigenvalue weighted by atomic mass is 9.97. The number of aromatic nitrogens is 1. The van der Waals surface area contributed by atoms with E-state index in [-0.39, 0.29) is 5.97 Å². The Bertz CT molecular complexity index is 680. The lowest BCUT2D eigenvalue weighted by Gasteiger charge is -2.33. The summed E-state index contributed by atoms with van der Waals surface area (Å²) < 4.78 is 10.6. The molecule has 5 heteroatoms. The van der Waals surface area contributed by atoms with E-state index in [1.165, 1.54) is 12.8 Å². The van der Waals surface area contributed by atoms with Crippen LogP contribution in [0, 0.1) is 5.92 Å². The van der Waals surface area contributed by atoms with Crippen molar-refractivity contribution in [2.75, 3.05) is 31.7 Å². The number of benzene rings is 1. The molecule has 0 N–H and O–H groups in total. The minimum absolute atomic E-state index is 0.177. The van der Waals surface area contributed by atoms with Crippen LogP contribution in [0.1, 0.15) is 24.8 Å². The van der Waals surface area contributed by atoms with E-state index >= 15 is 0 Å². The normalized spacial score (nSPS) is 14.9. The number of nitrogens with zero attached hydrogens (tertiary/aromatic N) is 2. The Morgan fingerprint density at radius 3 is 2.46 bits per heavy atom. The first kappa shape index (κ1) is 18.2. The van der Waals surface area contributed by atoms with Gasteiger partial charge in [-0.3, -0.25) is 9.78 Å². The molecule has 5 nitrogen and oxygen atoms in total. The Labute approximate surface area is 155 Å². The third-order valence-electron chi connectivity index (χ3n) is 4.90. The minimum atomic E-state index is -0.177. The molecule has 0 spiro atoms. The van der Waals surface area contributed by atoms with E-state index in [4.69, 9.17) is 4.74 Å². The number of ether oxygens (including phenoxy) is 2. The van der Waals surface area contributed by atoms with E-state index in [1.54, 1.807) is 0 Å². The van der Waals surface area contributed by atoms with Crippen LogP contribution in [-0.4, -0.2) is 37.8 Å². The molecule has 0 unspecified atom stereocenters. The van der Waals surface area contributed by atoms with Crippen LogP contribution >= 0.6 is 0 Å². The van der Waals surface area contributed by atoms with Crippen LogP contribution in [0.15, 0.2) is 48.8 Å². The summed E-state index contributed by atoms with van der Waals surface area (Å²) in [5, 5.41) is 0. The maximum absolute atomic E-state index is 11.2. The van der Waals surface area contributed by atoms with Crippen LogP contribution in [0.5, 0.6) is 5.75 Å². The minimum Gasteiger partial charge on any atom is -0.493 e. The summed E-state index contributed by atoms with van der Waals surface area (Å²) >= 11 is 0. The topological polar surface area (TPSA) is 51.7 Å². The van der Waals surface area contributed by atoms with Crippen molar-refractivity contribution in [3.63, 3.8) is 0 Å². The number of piperidine rings is 1. The van der Waals surface area contributed by atoms with Crippen LogP contribution in [-0.2, 0) is 16.0 Å². The van der Waals surface area contributed by atoms with Crippen molar-refractivity contribution in [3.05, 3.63) is 54.4 Å². The van der Waals surface area contributed by atoms with Crippen molar-refractivity contribution in [1.82, 2.24) is 4.98 Å². The Balaban J connectivity index is 1.40. The number of hydrogen-bond acceptors (Lipinski definition) is 5. The van der Waals surface area contributed by atoms with Gasteiger partial charge in [-0.25, -0.2) is 0 Å². The van der Waals surface area contributed by atoms with Crippen molar-refractivity contribution in [1.29, 1.82) is 0 Å². The highest BCUT2D eigenvalue weighted by molar-refractivity contribution is 5.69. The highest BCUT2D eigenvalue weighted by atomic mass is 16.5. The fraction of sp³-hybridized carbons (Fsp3) is 0.429. The van der Waals surface area contributed by atoms with Gasteiger partial charge in [-0.05, 0) is 55.0 Å². The molecule has 0 atom stereocenters. The number of hydrogen-bond donors (Lipinski definition) is 0. The maximum Gasteiger partial charge on any atom is 0.305 e. The summed E-state index contributed by atoms with van der Waals surface area (Å²) in [5.41, 5.74) is 2.37. The van der Waals surface area contributed by atoms with E-state index in [2.05, 4.69) is 26.8 Å². The van der Waals surface area contributed by atoms with Crippen LogP contribution in [0.4, 0.5) is 5.69 Å². The predicted octanol–water partition coefficient (Wildman–Crippen LogP) is 3.48. The van der Waals surface area contributed by atoms with E-state index in [9.17, 15) is 4.79 Å². The Kier molecular flexibility index (Phi) is 6.47. The number of methoxy groups -OCH3 is 1. The number of aryl methyl sites for hydroxylation is 1. The molecule has 3 rings (SSSR count). The van der Waals surface area contributed by atoms with Gasteiger partial charge < -0.3 is 14.4 Å². The molecule has 0 bridgehead atoms. The monoisotopic (exact) mass is 354 g/mol. The smallest absolute Gasteiger partial charge is 0.305 e. The second-order valence-electron chi connectivity index (χ2n) is 6.67. The lowest BCUT2D eigenvalue weighted by Crippen LogP contribution is -2.35. The number of carbonyl (C=O) groups is 1. The van der Waals surface area contributed by atoms with E-state index in [0.29, 0.717) is 18.8 Å². The van der Waals surface area contributed by atoms with E-state index in [1.807, 2.05) is 36.7 Å². The number of pyridine rings is 1. The standard InChI is InChI=1S/C21H26N2O3/c1-25-21(24)7-4-17-2-5-20(6-3-17)26-16-18-10-14-23(15-11-18)19-8-12-22-13-9-19/h2-3,5-6,8-9,12-13,18H,4,7,10-11,14-16H2,1H3. The van der Waals surface area contributed by atoms with Crippen molar-refractivity contribution < 1.29 is 14.3 Å². The van der Waals surface area contributed by atoms with Gasteiger partial charge in [-0.2, -0.15) is 0 Å². The number of esters is 1. The molecule has 1 aliphatic heterocycles. The fourth-order valence-electron chi connectivity index (χ4n) is 3.23. The Morgan fingerprint density at radius 2 is 1.81 bits per heavy atom. The second-order valence-corrected chi connectivity index (χ2v) is 6.67. The van der Waals surface area contributed by atoms with E-state index < -0.39 is 0 Å². The number of anilines is 1. The van der Waals surface area contributed by atoms with Gasteiger partial charge in [0.05, 0.1) is 13.7 Å². The SMILES string of the molecule is COC(=O)CCc1ccc(OCC2CCN(c3ccncc3)CC2)cc1. The van der Waals surface area contributed by atoms with Crippen LogP contribution < -0.4 is 9.64 Å². The van der Waals surface area contributed by atoms with E-state index in [0.717, 1.165) is 43.9 Å².